The number of aromatic nitrogens is 1. The molecule has 0 unspecified atom stereocenters. The van der Waals surface area contributed by atoms with E-state index in [1.807, 2.05) is 0 Å². The van der Waals surface area contributed by atoms with Crippen LogP contribution in [-0.4, -0.2) is 85.0 Å². The summed E-state index contributed by atoms with van der Waals surface area (Å²) in [6, 6.07) is 6.44. The average molecular weight is 534 g/mol. The number of hydrogen-bond donors (Lipinski definition) is 0. The highest BCUT2D eigenvalue weighted by atomic mass is 35.5. The van der Waals surface area contributed by atoms with Crippen LogP contribution in [0.2, 0.25) is 5.02 Å². The molecule has 1 aromatic carbocycles. The van der Waals surface area contributed by atoms with E-state index in [1.54, 1.807) is 22.1 Å². The summed E-state index contributed by atoms with van der Waals surface area (Å²) in [6.45, 7) is 3.18. The number of hydrogen-bond acceptors (Lipinski definition) is 6. The maximum absolute atomic E-state index is 13.1. The zero-order chi connectivity index (χ0) is 26.0. The molecule has 0 spiro atoms. The molecule has 37 heavy (non-hydrogen) atoms. The van der Waals surface area contributed by atoms with Crippen molar-refractivity contribution in [3.63, 3.8) is 0 Å². The number of pyridine rings is 1. The Hall–Kier alpha value is -3.44. The zero-order valence-corrected chi connectivity index (χ0v) is 20.4. The third-order valence-electron chi connectivity index (χ3n) is 6.25. The number of alkyl halides is 3. The van der Waals surface area contributed by atoms with E-state index in [1.165, 1.54) is 24.5 Å². The number of amides is 2. The van der Waals surface area contributed by atoms with Crippen LogP contribution in [0.25, 0.3) is 11.3 Å². The van der Waals surface area contributed by atoms with E-state index in [9.17, 15) is 18.0 Å². The first-order valence-electron chi connectivity index (χ1n) is 11.7. The predicted octanol–water partition coefficient (Wildman–Crippen LogP) is 4.26. The average Bonchev–Trinajstić information content (AvgIpc) is 3.08. The minimum atomic E-state index is -4.44. The highest BCUT2D eigenvalue weighted by molar-refractivity contribution is 6.33. The van der Waals surface area contributed by atoms with Crippen molar-refractivity contribution in [2.24, 2.45) is 9.98 Å². The van der Waals surface area contributed by atoms with Crippen molar-refractivity contribution in [3.05, 3.63) is 64.4 Å². The summed E-state index contributed by atoms with van der Waals surface area (Å²) in [5, 5.41) is 0.368. The highest BCUT2D eigenvalue weighted by Gasteiger charge is 2.36. The molecule has 0 N–H and O–H groups in total. The van der Waals surface area contributed by atoms with Gasteiger partial charge in [0, 0.05) is 42.2 Å². The molecule has 0 saturated carbocycles. The summed E-state index contributed by atoms with van der Waals surface area (Å²) in [5.74, 6) is 0.271. The van der Waals surface area contributed by atoms with Crippen molar-refractivity contribution in [1.29, 1.82) is 0 Å². The van der Waals surface area contributed by atoms with Gasteiger partial charge in [-0.25, -0.2) is 9.79 Å². The van der Waals surface area contributed by atoms with E-state index < -0.39 is 11.7 Å². The number of carbonyl (C=O) groups excluding carboxylic acids is 1. The number of urea groups is 1. The topological polar surface area (TPSA) is 79.6 Å². The lowest BCUT2D eigenvalue weighted by atomic mass is 9.99. The number of nitrogens with zero attached hydrogens (tertiary/aromatic N) is 5. The van der Waals surface area contributed by atoms with Crippen LogP contribution in [0.1, 0.15) is 16.7 Å². The Labute approximate surface area is 216 Å². The zero-order valence-electron chi connectivity index (χ0n) is 19.6. The monoisotopic (exact) mass is 533 g/mol. The van der Waals surface area contributed by atoms with E-state index in [-0.39, 0.29) is 24.6 Å². The summed E-state index contributed by atoms with van der Waals surface area (Å²) in [6.07, 6.45) is -0.181. The van der Waals surface area contributed by atoms with Crippen LogP contribution in [0.15, 0.2) is 52.7 Å². The summed E-state index contributed by atoms with van der Waals surface area (Å²) < 4.78 is 50.5. The Kier molecular flexibility index (Phi) is 7.16. The molecule has 2 saturated heterocycles. The summed E-state index contributed by atoms with van der Waals surface area (Å²) in [4.78, 5) is 29.1. The number of carbonyl (C=O) groups is 1. The fourth-order valence-corrected chi connectivity index (χ4v) is 4.46. The van der Waals surface area contributed by atoms with Crippen molar-refractivity contribution in [1.82, 2.24) is 14.8 Å². The number of likely N-dealkylation sites (tertiary alicyclic amines) is 1. The molecule has 3 aliphatic heterocycles. The van der Waals surface area contributed by atoms with Crippen LogP contribution in [0.4, 0.5) is 18.0 Å². The molecule has 1 aromatic heterocycles. The van der Waals surface area contributed by atoms with Gasteiger partial charge < -0.3 is 19.3 Å². The van der Waals surface area contributed by atoms with Gasteiger partial charge in [-0.15, -0.1) is 0 Å². The first-order valence-corrected chi connectivity index (χ1v) is 12.0. The normalized spacial score (nSPS) is 18.9. The second-order valence-electron chi connectivity index (χ2n) is 8.70. The van der Waals surface area contributed by atoms with Crippen LogP contribution in [-0.2, 0) is 15.7 Å². The quantitative estimate of drug-likeness (QED) is 0.590. The van der Waals surface area contributed by atoms with Crippen molar-refractivity contribution in [2.45, 2.75) is 12.3 Å². The van der Waals surface area contributed by atoms with Crippen molar-refractivity contribution in [2.75, 3.05) is 45.9 Å². The molecule has 2 aromatic rings. The molecule has 2 fully saturated rings. The number of halogens is 4. The van der Waals surface area contributed by atoms with Crippen LogP contribution in [0.5, 0.6) is 0 Å². The Bertz CT molecular complexity index is 1250. The van der Waals surface area contributed by atoms with E-state index in [2.05, 4.69) is 15.0 Å². The molecule has 4 heterocycles. The van der Waals surface area contributed by atoms with Gasteiger partial charge in [-0.1, -0.05) is 23.7 Å². The number of rotatable bonds is 3. The lowest BCUT2D eigenvalue weighted by Crippen LogP contribution is -2.60. The summed E-state index contributed by atoms with van der Waals surface area (Å²) in [7, 11) is 0. The molecular weight excluding hydrogens is 511 g/mol. The minimum absolute atomic E-state index is 0.0412. The first-order chi connectivity index (χ1) is 17.8. The van der Waals surface area contributed by atoms with Gasteiger partial charge in [-0.05, 0) is 18.2 Å². The molecule has 0 aliphatic carbocycles. The van der Waals surface area contributed by atoms with Crippen molar-refractivity contribution in [3.8, 4) is 0 Å². The van der Waals surface area contributed by atoms with Gasteiger partial charge in [0.25, 0.3) is 0 Å². The minimum Gasteiger partial charge on any atom is -0.470 e. The Balaban J connectivity index is 1.33. The maximum Gasteiger partial charge on any atom is 0.416 e. The van der Waals surface area contributed by atoms with Crippen LogP contribution < -0.4 is 0 Å². The third-order valence-corrected chi connectivity index (χ3v) is 6.55. The second kappa shape index (κ2) is 10.5. The molecule has 194 valence electrons. The fourth-order valence-electron chi connectivity index (χ4n) is 4.23. The number of ether oxygens (including phenoxy) is 2. The smallest absolute Gasteiger partial charge is 0.416 e. The summed E-state index contributed by atoms with van der Waals surface area (Å²) >= 11 is 6.38. The number of morpholine rings is 1. The van der Waals surface area contributed by atoms with E-state index in [0.29, 0.717) is 66.8 Å². The van der Waals surface area contributed by atoms with Crippen LogP contribution in [0.3, 0.4) is 0 Å². The van der Waals surface area contributed by atoms with Gasteiger partial charge in [0.1, 0.15) is 6.10 Å². The molecule has 0 bridgehead atoms. The van der Waals surface area contributed by atoms with Gasteiger partial charge in [0.2, 0.25) is 5.90 Å². The van der Waals surface area contributed by atoms with E-state index >= 15 is 0 Å². The van der Waals surface area contributed by atoms with Crippen molar-refractivity contribution < 1.29 is 27.4 Å². The van der Waals surface area contributed by atoms with E-state index in [0.717, 1.165) is 12.1 Å². The fraction of sp³-hybridized carbons (Fsp3) is 0.360. The largest absolute Gasteiger partial charge is 0.470 e. The molecule has 2 amide bonds. The number of aliphatic imine (C=N–C) groups is 2. The molecular formula is C25H23ClF3N5O3. The highest BCUT2D eigenvalue weighted by Crippen LogP contribution is 2.35. The van der Waals surface area contributed by atoms with Gasteiger partial charge in [0.05, 0.1) is 55.3 Å². The Morgan fingerprint density at radius 2 is 1.81 bits per heavy atom. The standard InChI is InChI=1S/C25H23ClF3N5O3/c26-21-12-30-6-5-19(21)20-11-31-22(13-32-23(20)16-1-3-17(4-2-16)25(27,28)29)37-18-14-34(15-18)24(35)33-7-9-36-10-8-33/h1-6,12-13,18H,7-11,14-15H2. The molecule has 0 radical (unpaired) electrons. The maximum atomic E-state index is 13.1. The Morgan fingerprint density at radius 1 is 1.08 bits per heavy atom. The molecule has 0 atom stereocenters. The first kappa shape index (κ1) is 25.2. The van der Waals surface area contributed by atoms with Gasteiger partial charge in [0.15, 0.2) is 0 Å². The van der Waals surface area contributed by atoms with Gasteiger partial charge >= 0.3 is 12.2 Å². The van der Waals surface area contributed by atoms with Crippen molar-refractivity contribution >= 4 is 41.0 Å². The third kappa shape index (κ3) is 5.62. The van der Waals surface area contributed by atoms with Gasteiger partial charge in [-0.3, -0.25) is 9.98 Å². The predicted molar refractivity (Wildman–Crippen MR) is 133 cm³/mol. The lowest BCUT2D eigenvalue weighted by Gasteiger charge is -2.42. The molecule has 3 aliphatic rings. The van der Waals surface area contributed by atoms with Crippen LogP contribution >= 0.6 is 11.6 Å². The second-order valence-corrected chi connectivity index (χ2v) is 9.10. The molecule has 5 rings (SSSR count). The molecule has 8 nitrogen and oxygen atoms in total. The van der Waals surface area contributed by atoms with Crippen LogP contribution in [0, 0.1) is 0 Å². The number of benzene rings is 1. The lowest BCUT2D eigenvalue weighted by molar-refractivity contribution is -0.137. The van der Waals surface area contributed by atoms with Gasteiger partial charge in [-0.2, -0.15) is 13.2 Å². The summed E-state index contributed by atoms with van der Waals surface area (Å²) in [5.41, 5.74) is 1.41. The van der Waals surface area contributed by atoms with E-state index in [4.69, 9.17) is 21.1 Å². The molecule has 12 heteroatoms. The SMILES string of the molecule is O=C(N1CCOCC1)N1CC(OC2=NCC(c3ccncc3Cl)=C(c3ccc(C(F)(F)F)cc3)N=C2)C1. The Morgan fingerprint density at radius 3 is 2.49 bits per heavy atom.